The zero-order valence-electron chi connectivity index (χ0n) is 11.8. The minimum Gasteiger partial charge on any atom is -0.461 e. The van der Waals surface area contributed by atoms with E-state index in [0.717, 1.165) is 5.13 Å². The Balaban J connectivity index is 2.07. The number of hydrogen-bond donors (Lipinski definition) is 1. The van der Waals surface area contributed by atoms with Crippen molar-refractivity contribution in [2.45, 2.75) is 26.8 Å². The Morgan fingerprint density at radius 2 is 2.20 bits per heavy atom. The summed E-state index contributed by atoms with van der Waals surface area (Å²) in [6.45, 7) is 6.30. The third kappa shape index (κ3) is 3.36. The van der Waals surface area contributed by atoms with Gasteiger partial charge in [0.15, 0.2) is 10.8 Å². The largest absolute Gasteiger partial charge is 0.461 e. The van der Waals surface area contributed by atoms with E-state index < -0.39 is 0 Å². The van der Waals surface area contributed by atoms with Crippen LogP contribution in [-0.4, -0.2) is 17.6 Å². The zero-order chi connectivity index (χ0) is 14.5. The maximum absolute atomic E-state index is 11.6. The summed E-state index contributed by atoms with van der Waals surface area (Å²) in [4.78, 5) is 15.8. The molecule has 0 bridgehead atoms. The van der Waals surface area contributed by atoms with Crippen molar-refractivity contribution in [1.82, 2.24) is 4.98 Å². The standard InChI is InChI=1S/C15H18N2O2S/c1-4-19-14(18)13-9-20-15(17-13)16-11(3)12-8-6-5-7-10(12)2/h5-9,11H,4H2,1-3H3,(H,16,17). The summed E-state index contributed by atoms with van der Waals surface area (Å²) < 4.78 is 4.93. The van der Waals surface area contributed by atoms with Gasteiger partial charge in [-0.3, -0.25) is 0 Å². The van der Waals surface area contributed by atoms with Crippen LogP contribution in [0.25, 0.3) is 0 Å². The summed E-state index contributed by atoms with van der Waals surface area (Å²) in [5, 5.41) is 5.75. The predicted octanol–water partition coefficient (Wildman–Crippen LogP) is 3.80. The monoisotopic (exact) mass is 290 g/mol. The van der Waals surface area contributed by atoms with Crippen molar-refractivity contribution in [3.05, 3.63) is 46.5 Å². The smallest absolute Gasteiger partial charge is 0.357 e. The van der Waals surface area contributed by atoms with Crippen LogP contribution in [0.4, 0.5) is 5.13 Å². The second-order valence-electron chi connectivity index (χ2n) is 4.48. The molecule has 1 unspecified atom stereocenters. The van der Waals surface area contributed by atoms with Crippen LogP contribution in [0.5, 0.6) is 0 Å². The van der Waals surface area contributed by atoms with E-state index in [9.17, 15) is 4.79 Å². The Hall–Kier alpha value is -1.88. The Bertz CT molecular complexity index is 595. The number of nitrogens with one attached hydrogen (secondary N) is 1. The van der Waals surface area contributed by atoms with Gasteiger partial charge in [0.25, 0.3) is 0 Å². The molecule has 0 spiro atoms. The van der Waals surface area contributed by atoms with Crippen molar-refractivity contribution in [3.8, 4) is 0 Å². The highest BCUT2D eigenvalue weighted by Crippen LogP contribution is 2.24. The second-order valence-corrected chi connectivity index (χ2v) is 5.34. The lowest BCUT2D eigenvalue weighted by Gasteiger charge is -2.15. The minimum absolute atomic E-state index is 0.136. The number of esters is 1. The van der Waals surface area contributed by atoms with Gasteiger partial charge in [0.1, 0.15) is 0 Å². The number of ether oxygens (including phenoxy) is 1. The van der Waals surface area contributed by atoms with Gasteiger partial charge in [0.2, 0.25) is 0 Å². The van der Waals surface area contributed by atoms with Crippen molar-refractivity contribution < 1.29 is 9.53 Å². The number of aryl methyl sites for hydroxylation is 1. The minimum atomic E-state index is -0.375. The molecule has 0 aliphatic carbocycles. The van der Waals surface area contributed by atoms with Crippen LogP contribution < -0.4 is 5.32 Å². The van der Waals surface area contributed by atoms with Crippen LogP contribution in [0.2, 0.25) is 0 Å². The molecule has 0 radical (unpaired) electrons. The van der Waals surface area contributed by atoms with Gasteiger partial charge in [0, 0.05) is 5.38 Å². The highest BCUT2D eigenvalue weighted by Gasteiger charge is 2.14. The molecule has 1 atom stereocenters. The van der Waals surface area contributed by atoms with Gasteiger partial charge >= 0.3 is 5.97 Å². The molecule has 106 valence electrons. The van der Waals surface area contributed by atoms with Crippen molar-refractivity contribution in [2.24, 2.45) is 0 Å². The first kappa shape index (κ1) is 14.5. The van der Waals surface area contributed by atoms with Gasteiger partial charge < -0.3 is 10.1 Å². The van der Waals surface area contributed by atoms with Crippen LogP contribution in [-0.2, 0) is 4.74 Å². The summed E-state index contributed by atoms with van der Waals surface area (Å²) in [6.07, 6.45) is 0. The lowest BCUT2D eigenvalue weighted by molar-refractivity contribution is 0.0520. The number of carbonyl (C=O) groups is 1. The Morgan fingerprint density at radius 1 is 1.45 bits per heavy atom. The first-order valence-electron chi connectivity index (χ1n) is 6.56. The molecule has 5 heteroatoms. The highest BCUT2D eigenvalue weighted by molar-refractivity contribution is 7.13. The molecule has 20 heavy (non-hydrogen) atoms. The fourth-order valence-corrected chi connectivity index (χ4v) is 2.74. The van der Waals surface area contributed by atoms with E-state index in [1.54, 1.807) is 12.3 Å². The van der Waals surface area contributed by atoms with Gasteiger partial charge in [-0.25, -0.2) is 9.78 Å². The van der Waals surface area contributed by atoms with Gasteiger partial charge in [-0.1, -0.05) is 24.3 Å². The molecule has 1 aromatic carbocycles. The van der Waals surface area contributed by atoms with E-state index in [1.807, 2.05) is 12.1 Å². The number of carbonyl (C=O) groups excluding carboxylic acids is 1. The maximum atomic E-state index is 11.6. The number of hydrogen-bond acceptors (Lipinski definition) is 5. The first-order chi connectivity index (χ1) is 9.61. The maximum Gasteiger partial charge on any atom is 0.357 e. The molecule has 4 nitrogen and oxygen atoms in total. The molecule has 2 rings (SSSR count). The van der Waals surface area contributed by atoms with E-state index >= 15 is 0 Å². The summed E-state index contributed by atoms with van der Waals surface area (Å²) in [6, 6.07) is 8.35. The molecule has 0 amide bonds. The molecule has 0 saturated carbocycles. The number of benzene rings is 1. The fraction of sp³-hybridized carbons (Fsp3) is 0.333. The van der Waals surface area contributed by atoms with E-state index in [0.29, 0.717) is 12.3 Å². The van der Waals surface area contributed by atoms with Gasteiger partial charge in [-0.05, 0) is 31.9 Å². The lowest BCUT2D eigenvalue weighted by Crippen LogP contribution is -2.09. The number of rotatable bonds is 5. The summed E-state index contributed by atoms with van der Waals surface area (Å²) in [5.74, 6) is -0.375. The van der Waals surface area contributed by atoms with Crippen molar-refractivity contribution in [2.75, 3.05) is 11.9 Å². The third-order valence-corrected chi connectivity index (χ3v) is 3.76. The number of aromatic nitrogens is 1. The van der Waals surface area contributed by atoms with Crippen LogP contribution in [0.15, 0.2) is 29.6 Å². The van der Waals surface area contributed by atoms with E-state index in [1.165, 1.54) is 22.5 Å². The molecule has 2 aromatic rings. The van der Waals surface area contributed by atoms with Crippen molar-refractivity contribution >= 4 is 22.4 Å². The van der Waals surface area contributed by atoms with Crippen LogP contribution in [0, 0.1) is 6.92 Å². The average Bonchev–Trinajstić information content (AvgIpc) is 2.88. The summed E-state index contributed by atoms with van der Waals surface area (Å²) in [5.41, 5.74) is 2.81. The van der Waals surface area contributed by atoms with E-state index in [2.05, 4.69) is 36.3 Å². The normalized spacial score (nSPS) is 11.9. The molecule has 1 N–H and O–H groups in total. The molecule has 1 heterocycles. The Labute approximate surface area is 122 Å². The molecule has 0 aliphatic rings. The topological polar surface area (TPSA) is 51.2 Å². The quantitative estimate of drug-likeness (QED) is 0.851. The van der Waals surface area contributed by atoms with Crippen molar-refractivity contribution in [3.63, 3.8) is 0 Å². The number of thiazole rings is 1. The second kappa shape index (κ2) is 6.52. The van der Waals surface area contributed by atoms with Gasteiger partial charge in [-0.2, -0.15) is 0 Å². The van der Waals surface area contributed by atoms with Crippen LogP contribution in [0.3, 0.4) is 0 Å². The number of anilines is 1. The Kier molecular flexibility index (Phi) is 4.74. The molecule has 0 saturated heterocycles. The Morgan fingerprint density at radius 3 is 2.90 bits per heavy atom. The predicted molar refractivity (Wildman–Crippen MR) is 81.3 cm³/mol. The van der Waals surface area contributed by atoms with Gasteiger partial charge in [-0.15, -0.1) is 11.3 Å². The van der Waals surface area contributed by atoms with Crippen LogP contribution >= 0.6 is 11.3 Å². The summed E-state index contributed by atoms with van der Waals surface area (Å²) >= 11 is 1.41. The lowest BCUT2D eigenvalue weighted by atomic mass is 10.0. The average molecular weight is 290 g/mol. The molecule has 0 fully saturated rings. The molecular weight excluding hydrogens is 272 g/mol. The molecule has 0 aliphatic heterocycles. The first-order valence-corrected chi connectivity index (χ1v) is 7.44. The fourth-order valence-electron chi connectivity index (χ4n) is 1.97. The molecule has 1 aromatic heterocycles. The number of nitrogens with zero attached hydrogens (tertiary/aromatic N) is 1. The highest BCUT2D eigenvalue weighted by atomic mass is 32.1. The SMILES string of the molecule is CCOC(=O)c1csc(NC(C)c2ccccc2C)n1. The van der Waals surface area contributed by atoms with Crippen molar-refractivity contribution in [1.29, 1.82) is 0 Å². The van der Waals surface area contributed by atoms with Crippen LogP contribution in [0.1, 0.15) is 41.5 Å². The van der Waals surface area contributed by atoms with Gasteiger partial charge in [0.05, 0.1) is 12.6 Å². The third-order valence-electron chi connectivity index (χ3n) is 2.98. The van der Waals surface area contributed by atoms with E-state index in [4.69, 9.17) is 4.74 Å². The van der Waals surface area contributed by atoms with E-state index in [-0.39, 0.29) is 12.0 Å². The zero-order valence-corrected chi connectivity index (χ0v) is 12.7. The molecular formula is C15H18N2O2S. The summed E-state index contributed by atoms with van der Waals surface area (Å²) in [7, 11) is 0.